The van der Waals surface area contributed by atoms with Crippen LogP contribution in [0.1, 0.15) is 5.69 Å². The SMILES string of the molecule is COc1ccc(NC(=O)Cc2cocn2)cc1. The van der Waals surface area contributed by atoms with Gasteiger partial charge in [0.05, 0.1) is 19.2 Å². The third kappa shape index (κ3) is 3.07. The number of carbonyl (C=O) groups excluding carboxylic acids is 1. The highest BCUT2D eigenvalue weighted by atomic mass is 16.5. The standard InChI is InChI=1S/C12H12N2O3/c1-16-11-4-2-9(3-5-11)14-12(15)6-10-7-17-8-13-10/h2-5,7-8H,6H2,1H3,(H,14,15). The molecule has 1 heterocycles. The first-order chi connectivity index (χ1) is 8.28. The van der Waals surface area contributed by atoms with Crippen molar-refractivity contribution < 1.29 is 13.9 Å². The molecule has 0 saturated carbocycles. The molecule has 0 aliphatic carbocycles. The molecule has 0 unspecified atom stereocenters. The molecule has 0 spiro atoms. The Bertz CT molecular complexity index is 477. The van der Waals surface area contributed by atoms with Crippen LogP contribution in [0.4, 0.5) is 5.69 Å². The van der Waals surface area contributed by atoms with Crippen molar-refractivity contribution >= 4 is 11.6 Å². The minimum atomic E-state index is -0.135. The molecule has 2 aromatic rings. The summed E-state index contributed by atoms with van der Waals surface area (Å²) in [5.74, 6) is 0.614. The van der Waals surface area contributed by atoms with E-state index in [1.165, 1.54) is 12.7 Å². The predicted molar refractivity (Wildman–Crippen MR) is 61.8 cm³/mol. The molecule has 0 atom stereocenters. The van der Waals surface area contributed by atoms with Gasteiger partial charge in [0.2, 0.25) is 5.91 Å². The van der Waals surface area contributed by atoms with Crippen molar-refractivity contribution in [2.45, 2.75) is 6.42 Å². The molecule has 0 aliphatic heterocycles. The molecule has 5 nitrogen and oxygen atoms in total. The molecule has 0 radical (unpaired) electrons. The second kappa shape index (κ2) is 5.16. The van der Waals surface area contributed by atoms with E-state index in [2.05, 4.69) is 10.3 Å². The zero-order chi connectivity index (χ0) is 12.1. The predicted octanol–water partition coefficient (Wildman–Crippen LogP) is 1.86. The van der Waals surface area contributed by atoms with Crippen LogP contribution in [0.15, 0.2) is 41.3 Å². The van der Waals surface area contributed by atoms with Crippen LogP contribution >= 0.6 is 0 Å². The Labute approximate surface area is 98.4 Å². The number of methoxy groups -OCH3 is 1. The van der Waals surface area contributed by atoms with Crippen LogP contribution in [-0.2, 0) is 11.2 Å². The molecule has 1 aromatic carbocycles. The Morgan fingerprint density at radius 2 is 2.18 bits per heavy atom. The largest absolute Gasteiger partial charge is 0.497 e. The highest BCUT2D eigenvalue weighted by Gasteiger charge is 2.06. The summed E-state index contributed by atoms with van der Waals surface area (Å²) in [6, 6.07) is 7.12. The maximum Gasteiger partial charge on any atom is 0.230 e. The highest BCUT2D eigenvalue weighted by molar-refractivity contribution is 5.91. The number of rotatable bonds is 4. The Morgan fingerprint density at radius 1 is 1.41 bits per heavy atom. The van der Waals surface area contributed by atoms with Gasteiger partial charge in [-0.2, -0.15) is 0 Å². The van der Waals surface area contributed by atoms with Crippen molar-refractivity contribution in [3.63, 3.8) is 0 Å². The molecule has 2 rings (SSSR count). The smallest absolute Gasteiger partial charge is 0.230 e. The van der Waals surface area contributed by atoms with E-state index in [0.29, 0.717) is 5.69 Å². The van der Waals surface area contributed by atoms with E-state index in [4.69, 9.17) is 9.15 Å². The second-order valence-electron chi connectivity index (χ2n) is 3.43. The van der Waals surface area contributed by atoms with Crippen LogP contribution in [0.25, 0.3) is 0 Å². The maximum absolute atomic E-state index is 11.6. The van der Waals surface area contributed by atoms with Crippen molar-refractivity contribution in [2.24, 2.45) is 0 Å². The van der Waals surface area contributed by atoms with E-state index < -0.39 is 0 Å². The normalized spacial score (nSPS) is 9.94. The Balaban J connectivity index is 1.93. The molecule has 1 N–H and O–H groups in total. The van der Waals surface area contributed by atoms with E-state index in [1.54, 1.807) is 31.4 Å². The fourth-order valence-corrected chi connectivity index (χ4v) is 1.37. The summed E-state index contributed by atoms with van der Waals surface area (Å²) >= 11 is 0. The third-order valence-electron chi connectivity index (χ3n) is 2.20. The van der Waals surface area contributed by atoms with Crippen molar-refractivity contribution in [1.29, 1.82) is 0 Å². The van der Waals surface area contributed by atoms with Gasteiger partial charge in [0.1, 0.15) is 12.0 Å². The zero-order valence-corrected chi connectivity index (χ0v) is 9.34. The summed E-state index contributed by atoms with van der Waals surface area (Å²) in [6.07, 6.45) is 2.95. The van der Waals surface area contributed by atoms with Crippen LogP contribution in [0.2, 0.25) is 0 Å². The molecule has 0 bridgehead atoms. The molecule has 0 aliphatic rings. The van der Waals surface area contributed by atoms with Crippen molar-refractivity contribution in [2.75, 3.05) is 12.4 Å². The molecule has 17 heavy (non-hydrogen) atoms. The van der Waals surface area contributed by atoms with E-state index in [-0.39, 0.29) is 12.3 Å². The van der Waals surface area contributed by atoms with Gasteiger partial charge in [-0.1, -0.05) is 0 Å². The molecule has 1 aromatic heterocycles. The Kier molecular flexibility index (Phi) is 3.40. The van der Waals surface area contributed by atoms with E-state index in [0.717, 1.165) is 11.4 Å². The lowest BCUT2D eigenvalue weighted by atomic mass is 10.2. The highest BCUT2D eigenvalue weighted by Crippen LogP contribution is 2.15. The number of aromatic nitrogens is 1. The van der Waals surface area contributed by atoms with Crippen molar-refractivity contribution in [3.05, 3.63) is 42.6 Å². The number of benzene rings is 1. The Hall–Kier alpha value is -2.30. The minimum Gasteiger partial charge on any atom is -0.497 e. The number of carbonyl (C=O) groups is 1. The average molecular weight is 232 g/mol. The lowest BCUT2D eigenvalue weighted by molar-refractivity contribution is -0.115. The summed E-state index contributed by atoms with van der Waals surface area (Å²) in [5.41, 5.74) is 1.33. The fraction of sp³-hybridized carbons (Fsp3) is 0.167. The van der Waals surface area contributed by atoms with Gasteiger partial charge in [-0.25, -0.2) is 4.98 Å². The van der Waals surface area contributed by atoms with Crippen LogP contribution in [0.5, 0.6) is 5.75 Å². The summed E-state index contributed by atoms with van der Waals surface area (Å²) in [4.78, 5) is 15.5. The fourth-order valence-electron chi connectivity index (χ4n) is 1.37. The third-order valence-corrected chi connectivity index (χ3v) is 2.20. The first kappa shape index (κ1) is 11.2. The van der Waals surface area contributed by atoms with Crippen LogP contribution < -0.4 is 10.1 Å². The van der Waals surface area contributed by atoms with Crippen LogP contribution in [-0.4, -0.2) is 18.0 Å². The molecule has 5 heteroatoms. The number of nitrogens with one attached hydrogen (secondary N) is 1. The lowest BCUT2D eigenvalue weighted by Gasteiger charge is -2.05. The monoisotopic (exact) mass is 232 g/mol. The van der Waals surface area contributed by atoms with Crippen LogP contribution in [0.3, 0.4) is 0 Å². The molecule has 1 amide bonds. The molecular formula is C12H12N2O3. The summed E-state index contributed by atoms with van der Waals surface area (Å²) in [7, 11) is 1.60. The van der Waals surface area contributed by atoms with Gasteiger partial charge in [0.15, 0.2) is 6.39 Å². The number of hydrogen-bond acceptors (Lipinski definition) is 4. The van der Waals surface area contributed by atoms with Gasteiger partial charge in [-0.05, 0) is 24.3 Å². The molecular weight excluding hydrogens is 220 g/mol. The van der Waals surface area contributed by atoms with E-state index in [9.17, 15) is 4.79 Å². The van der Waals surface area contributed by atoms with Crippen molar-refractivity contribution in [1.82, 2.24) is 4.98 Å². The number of ether oxygens (including phenoxy) is 1. The maximum atomic E-state index is 11.6. The van der Waals surface area contributed by atoms with Crippen LogP contribution in [0, 0.1) is 0 Å². The van der Waals surface area contributed by atoms with Gasteiger partial charge in [-0.15, -0.1) is 0 Å². The zero-order valence-electron chi connectivity index (χ0n) is 9.34. The number of amides is 1. The second-order valence-corrected chi connectivity index (χ2v) is 3.43. The first-order valence-corrected chi connectivity index (χ1v) is 5.09. The molecule has 88 valence electrons. The molecule has 0 fully saturated rings. The van der Waals surface area contributed by atoms with Gasteiger partial charge < -0.3 is 14.5 Å². The summed E-state index contributed by atoms with van der Waals surface area (Å²) in [5, 5.41) is 2.76. The molecule has 0 saturated heterocycles. The topological polar surface area (TPSA) is 64.4 Å². The van der Waals surface area contributed by atoms with Crippen molar-refractivity contribution in [3.8, 4) is 5.75 Å². The first-order valence-electron chi connectivity index (χ1n) is 5.09. The summed E-state index contributed by atoms with van der Waals surface area (Å²) in [6.45, 7) is 0. The van der Waals surface area contributed by atoms with Gasteiger partial charge >= 0.3 is 0 Å². The van der Waals surface area contributed by atoms with Gasteiger partial charge in [0, 0.05) is 5.69 Å². The van der Waals surface area contributed by atoms with E-state index >= 15 is 0 Å². The number of nitrogens with zero attached hydrogens (tertiary/aromatic N) is 1. The Morgan fingerprint density at radius 3 is 2.76 bits per heavy atom. The number of oxazole rings is 1. The number of hydrogen-bond donors (Lipinski definition) is 1. The van der Waals surface area contributed by atoms with E-state index in [1.807, 2.05) is 0 Å². The number of anilines is 1. The van der Waals surface area contributed by atoms with Gasteiger partial charge in [-0.3, -0.25) is 4.79 Å². The lowest BCUT2D eigenvalue weighted by Crippen LogP contribution is -2.14. The van der Waals surface area contributed by atoms with Gasteiger partial charge in [0.25, 0.3) is 0 Å². The minimum absolute atomic E-state index is 0.135. The quantitative estimate of drug-likeness (QED) is 0.873. The summed E-state index contributed by atoms with van der Waals surface area (Å²) < 4.78 is 9.81. The average Bonchev–Trinajstić information content (AvgIpc) is 2.82.